The van der Waals surface area contributed by atoms with Crippen LogP contribution in [0.5, 0.6) is 0 Å². The van der Waals surface area contributed by atoms with Gasteiger partial charge in [-0.05, 0) is 37.1 Å². The van der Waals surface area contributed by atoms with Crippen LogP contribution < -0.4 is 10.6 Å². The summed E-state index contributed by atoms with van der Waals surface area (Å²) in [6.45, 7) is 3.78. The number of amides is 2. The fourth-order valence-corrected chi connectivity index (χ4v) is 2.25. The van der Waals surface area contributed by atoms with Crippen molar-refractivity contribution in [3.63, 3.8) is 0 Å². The number of carbonyl (C=O) groups excluding carboxylic acids is 2. The van der Waals surface area contributed by atoms with Gasteiger partial charge in [0.15, 0.2) is 0 Å². The minimum atomic E-state index is -0.328. The average molecular weight is 332 g/mol. The topological polar surface area (TPSA) is 71.1 Å². The van der Waals surface area contributed by atoms with E-state index in [1.54, 1.807) is 30.3 Å². The van der Waals surface area contributed by atoms with Crippen molar-refractivity contribution in [2.24, 2.45) is 0 Å². The van der Waals surface area contributed by atoms with E-state index in [0.29, 0.717) is 28.5 Å². The number of benzene rings is 1. The van der Waals surface area contributed by atoms with E-state index in [1.165, 1.54) is 6.20 Å². The molecule has 23 heavy (non-hydrogen) atoms. The van der Waals surface area contributed by atoms with Crippen LogP contribution in [0.2, 0.25) is 5.02 Å². The summed E-state index contributed by atoms with van der Waals surface area (Å²) in [5, 5.41) is 5.88. The van der Waals surface area contributed by atoms with Crippen molar-refractivity contribution in [2.75, 3.05) is 10.6 Å². The average Bonchev–Trinajstić information content (AvgIpc) is 2.50. The number of rotatable bonds is 5. The van der Waals surface area contributed by atoms with Gasteiger partial charge in [-0.1, -0.05) is 30.7 Å². The van der Waals surface area contributed by atoms with Crippen molar-refractivity contribution in [1.29, 1.82) is 0 Å². The van der Waals surface area contributed by atoms with E-state index >= 15 is 0 Å². The van der Waals surface area contributed by atoms with Crippen LogP contribution in [0, 0.1) is 6.92 Å². The fourth-order valence-electron chi connectivity index (χ4n) is 2.02. The maximum atomic E-state index is 12.2. The van der Waals surface area contributed by atoms with Gasteiger partial charge in [-0.25, -0.2) is 4.98 Å². The predicted octanol–water partition coefficient (Wildman–Crippen LogP) is 4.03. The summed E-state index contributed by atoms with van der Waals surface area (Å²) in [5.74, 6) is 0.0245. The van der Waals surface area contributed by atoms with Crippen molar-refractivity contribution < 1.29 is 9.59 Å². The SMILES string of the molecule is CCCC(=O)Nc1cnc(NC(=O)c2ccccc2Cl)cc1C. The Morgan fingerprint density at radius 2 is 1.96 bits per heavy atom. The summed E-state index contributed by atoms with van der Waals surface area (Å²) >= 11 is 6.00. The normalized spacial score (nSPS) is 10.2. The van der Waals surface area contributed by atoms with Crippen LogP contribution in [-0.2, 0) is 4.79 Å². The third-order valence-corrected chi connectivity index (χ3v) is 3.55. The van der Waals surface area contributed by atoms with Gasteiger partial charge < -0.3 is 10.6 Å². The number of aryl methyl sites for hydroxylation is 1. The van der Waals surface area contributed by atoms with Crippen LogP contribution in [-0.4, -0.2) is 16.8 Å². The zero-order valence-corrected chi connectivity index (χ0v) is 13.8. The van der Waals surface area contributed by atoms with Crippen molar-refractivity contribution in [1.82, 2.24) is 4.98 Å². The standard InChI is InChI=1S/C17H18ClN3O2/c1-3-6-16(22)20-14-10-19-15(9-11(14)2)21-17(23)12-7-4-5-8-13(12)18/h4-5,7-10H,3,6H2,1-2H3,(H,20,22)(H,19,21,23). The molecular formula is C17H18ClN3O2. The summed E-state index contributed by atoms with van der Waals surface area (Å²) in [4.78, 5) is 28.0. The Morgan fingerprint density at radius 3 is 2.61 bits per heavy atom. The number of aromatic nitrogens is 1. The van der Waals surface area contributed by atoms with E-state index in [9.17, 15) is 9.59 Å². The van der Waals surface area contributed by atoms with Gasteiger partial charge in [0, 0.05) is 6.42 Å². The van der Waals surface area contributed by atoms with Crippen molar-refractivity contribution in [3.05, 3.63) is 52.7 Å². The Morgan fingerprint density at radius 1 is 1.22 bits per heavy atom. The number of hydrogen-bond acceptors (Lipinski definition) is 3. The summed E-state index contributed by atoms with van der Waals surface area (Å²) in [5.41, 5.74) is 1.84. The highest BCUT2D eigenvalue weighted by Gasteiger charge is 2.11. The monoisotopic (exact) mass is 331 g/mol. The second-order valence-corrected chi connectivity index (χ2v) is 5.52. The number of nitrogens with zero attached hydrogens (tertiary/aromatic N) is 1. The highest BCUT2D eigenvalue weighted by atomic mass is 35.5. The third-order valence-electron chi connectivity index (χ3n) is 3.22. The van der Waals surface area contributed by atoms with Gasteiger partial charge in [0.25, 0.3) is 5.91 Å². The van der Waals surface area contributed by atoms with Gasteiger partial charge in [0.1, 0.15) is 5.82 Å². The lowest BCUT2D eigenvalue weighted by molar-refractivity contribution is -0.116. The second-order valence-electron chi connectivity index (χ2n) is 5.12. The Hall–Kier alpha value is -2.40. The second kappa shape index (κ2) is 7.74. The summed E-state index contributed by atoms with van der Waals surface area (Å²) in [7, 11) is 0. The molecule has 2 amide bonds. The summed E-state index contributed by atoms with van der Waals surface area (Å²) in [6.07, 6.45) is 2.78. The molecule has 0 saturated carbocycles. The number of carbonyl (C=O) groups is 2. The highest BCUT2D eigenvalue weighted by Crippen LogP contribution is 2.20. The van der Waals surface area contributed by atoms with Gasteiger partial charge in [-0.2, -0.15) is 0 Å². The van der Waals surface area contributed by atoms with Crippen molar-refractivity contribution in [2.45, 2.75) is 26.7 Å². The molecule has 1 heterocycles. The van der Waals surface area contributed by atoms with Crippen LogP contribution in [0.4, 0.5) is 11.5 Å². The predicted molar refractivity (Wildman–Crippen MR) is 91.9 cm³/mol. The van der Waals surface area contributed by atoms with Gasteiger partial charge in [0.05, 0.1) is 22.5 Å². The van der Waals surface area contributed by atoms with E-state index in [-0.39, 0.29) is 11.8 Å². The van der Waals surface area contributed by atoms with E-state index in [4.69, 9.17) is 11.6 Å². The maximum absolute atomic E-state index is 12.2. The summed E-state index contributed by atoms with van der Waals surface area (Å²) in [6, 6.07) is 8.50. The molecule has 0 aliphatic carbocycles. The molecule has 6 heteroatoms. The van der Waals surface area contributed by atoms with E-state index < -0.39 is 0 Å². The van der Waals surface area contributed by atoms with E-state index in [0.717, 1.165) is 12.0 Å². The largest absolute Gasteiger partial charge is 0.325 e. The Labute approximate surface area is 140 Å². The van der Waals surface area contributed by atoms with Crippen LogP contribution in [0.25, 0.3) is 0 Å². The van der Waals surface area contributed by atoms with E-state index in [2.05, 4.69) is 15.6 Å². The molecule has 0 saturated heterocycles. The summed E-state index contributed by atoms with van der Waals surface area (Å²) < 4.78 is 0. The fraction of sp³-hybridized carbons (Fsp3) is 0.235. The minimum absolute atomic E-state index is 0.0507. The highest BCUT2D eigenvalue weighted by molar-refractivity contribution is 6.34. The molecule has 0 aliphatic rings. The molecule has 2 aromatic rings. The molecule has 0 fully saturated rings. The van der Waals surface area contributed by atoms with Crippen LogP contribution in [0.1, 0.15) is 35.7 Å². The zero-order chi connectivity index (χ0) is 16.8. The molecule has 120 valence electrons. The van der Waals surface area contributed by atoms with E-state index in [1.807, 2.05) is 13.8 Å². The lowest BCUT2D eigenvalue weighted by Crippen LogP contribution is -2.15. The molecule has 1 aromatic carbocycles. The van der Waals surface area contributed by atoms with Gasteiger partial charge >= 0.3 is 0 Å². The lowest BCUT2D eigenvalue weighted by Gasteiger charge is -2.10. The molecular weight excluding hydrogens is 314 g/mol. The van der Waals surface area contributed by atoms with Gasteiger partial charge in [0.2, 0.25) is 5.91 Å². The molecule has 0 bridgehead atoms. The molecule has 2 N–H and O–H groups in total. The first-order valence-electron chi connectivity index (χ1n) is 7.33. The Balaban J connectivity index is 2.10. The van der Waals surface area contributed by atoms with Crippen LogP contribution in [0.3, 0.4) is 0 Å². The zero-order valence-electron chi connectivity index (χ0n) is 13.0. The lowest BCUT2D eigenvalue weighted by atomic mass is 10.2. The van der Waals surface area contributed by atoms with Gasteiger partial charge in [-0.15, -0.1) is 0 Å². The molecule has 5 nitrogen and oxygen atoms in total. The van der Waals surface area contributed by atoms with Crippen LogP contribution >= 0.6 is 11.6 Å². The first-order valence-corrected chi connectivity index (χ1v) is 7.71. The number of hydrogen-bond donors (Lipinski definition) is 2. The van der Waals surface area contributed by atoms with Gasteiger partial charge in [-0.3, -0.25) is 9.59 Å². The molecule has 1 aromatic heterocycles. The molecule has 0 radical (unpaired) electrons. The molecule has 0 spiro atoms. The first kappa shape index (κ1) is 17.0. The number of anilines is 2. The third kappa shape index (κ3) is 4.53. The Kier molecular flexibility index (Phi) is 5.71. The molecule has 0 atom stereocenters. The maximum Gasteiger partial charge on any atom is 0.258 e. The molecule has 0 aliphatic heterocycles. The molecule has 2 rings (SSSR count). The van der Waals surface area contributed by atoms with Crippen molar-refractivity contribution >= 4 is 34.9 Å². The smallest absolute Gasteiger partial charge is 0.258 e. The quantitative estimate of drug-likeness (QED) is 0.868. The first-order chi connectivity index (χ1) is 11.0. The number of pyridine rings is 1. The van der Waals surface area contributed by atoms with Crippen LogP contribution in [0.15, 0.2) is 36.5 Å². The number of nitrogens with one attached hydrogen (secondary N) is 2. The Bertz CT molecular complexity index is 732. The van der Waals surface area contributed by atoms with Crippen molar-refractivity contribution in [3.8, 4) is 0 Å². The minimum Gasteiger partial charge on any atom is -0.325 e. The number of halogens is 1. The molecule has 0 unspecified atom stereocenters.